The van der Waals surface area contributed by atoms with Gasteiger partial charge in [0.2, 0.25) is 5.91 Å². The van der Waals surface area contributed by atoms with Gasteiger partial charge in [-0.05, 0) is 6.92 Å². The molecule has 1 aromatic heterocycles. The van der Waals surface area contributed by atoms with Crippen molar-refractivity contribution in [2.75, 3.05) is 11.9 Å². The smallest absolute Gasteiger partial charge is 0.227 e. The Kier molecular flexibility index (Phi) is 2.47. The van der Waals surface area contributed by atoms with E-state index in [1.807, 2.05) is 19.9 Å². The first-order valence-electron chi connectivity index (χ1n) is 3.93. The van der Waals surface area contributed by atoms with Gasteiger partial charge in [-0.2, -0.15) is 5.10 Å². The number of nitrogens with one attached hydrogen (secondary N) is 1. The van der Waals surface area contributed by atoms with Crippen LogP contribution < -0.4 is 4.90 Å². The first-order valence-corrected chi connectivity index (χ1v) is 3.93. The summed E-state index contributed by atoms with van der Waals surface area (Å²) in [5.74, 6) is 0.751. The molecule has 1 heterocycles. The molecular formula is C8H13N3O. The number of nitrogens with zero attached hydrogens (tertiary/aromatic N) is 2. The lowest BCUT2D eigenvalue weighted by Gasteiger charge is -2.11. The van der Waals surface area contributed by atoms with Gasteiger partial charge in [-0.15, -0.1) is 0 Å². The molecule has 0 spiro atoms. The minimum absolute atomic E-state index is 0.0708. The number of carbonyl (C=O) groups excluding carboxylic acids is 1. The van der Waals surface area contributed by atoms with Gasteiger partial charge in [0.1, 0.15) is 0 Å². The number of aryl methyl sites for hydroxylation is 1. The summed E-state index contributed by atoms with van der Waals surface area (Å²) in [5, 5.41) is 6.75. The number of hydrogen-bond acceptors (Lipinski definition) is 2. The highest BCUT2D eigenvalue weighted by Gasteiger charge is 2.10. The lowest BCUT2D eigenvalue weighted by Crippen LogP contribution is -2.25. The number of aromatic amines is 1. The molecule has 4 heteroatoms. The normalized spacial score (nSPS) is 9.92. The minimum atomic E-state index is 0.0708. The highest BCUT2D eigenvalue weighted by Crippen LogP contribution is 2.09. The quantitative estimate of drug-likeness (QED) is 0.716. The fourth-order valence-electron chi connectivity index (χ4n) is 0.940. The van der Waals surface area contributed by atoms with Crippen molar-refractivity contribution < 1.29 is 4.79 Å². The van der Waals surface area contributed by atoms with Gasteiger partial charge in [-0.1, -0.05) is 6.92 Å². The van der Waals surface area contributed by atoms with Crippen LogP contribution in [0.15, 0.2) is 6.07 Å². The summed E-state index contributed by atoms with van der Waals surface area (Å²) < 4.78 is 0. The molecule has 0 radical (unpaired) electrons. The second-order valence-electron chi connectivity index (χ2n) is 2.72. The van der Waals surface area contributed by atoms with Crippen molar-refractivity contribution in [3.05, 3.63) is 11.8 Å². The second-order valence-corrected chi connectivity index (χ2v) is 2.72. The minimum Gasteiger partial charge on any atom is -0.298 e. The van der Waals surface area contributed by atoms with Crippen LogP contribution >= 0.6 is 0 Å². The number of anilines is 1. The molecule has 1 amide bonds. The Labute approximate surface area is 71.6 Å². The Morgan fingerprint density at radius 2 is 2.42 bits per heavy atom. The summed E-state index contributed by atoms with van der Waals surface area (Å²) in [5.41, 5.74) is 0.959. The molecule has 0 aliphatic carbocycles. The molecule has 0 aromatic carbocycles. The zero-order valence-corrected chi connectivity index (χ0v) is 7.59. The largest absolute Gasteiger partial charge is 0.298 e. The molecule has 1 N–H and O–H groups in total. The Morgan fingerprint density at radius 1 is 1.75 bits per heavy atom. The van der Waals surface area contributed by atoms with Crippen LogP contribution in [0.1, 0.15) is 19.0 Å². The van der Waals surface area contributed by atoms with E-state index in [0.717, 1.165) is 5.69 Å². The predicted molar refractivity (Wildman–Crippen MR) is 47.0 cm³/mol. The van der Waals surface area contributed by atoms with Crippen molar-refractivity contribution >= 4 is 11.7 Å². The molecule has 0 aliphatic rings. The van der Waals surface area contributed by atoms with Crippen molar-refractivity contribution in [2.24, 2.45) is 0 Å². The number of aromatic nitrogens is 2. The van der Waals surface area contributed by atoms with Crippen LogP contribution in [0.3, 0.4) is 0 Å². The summed E-state index contributed by atoms with van der Waals surface area (Å²) in [7, 11) is 1.72. The van der Waals surface area contributed by atoms with Crippen molar-refractivity contribution in [3.8, 4) is 0 Å². The van der Waals surface area contributed by atoms with E-state index >= 15 is 0 Å². The van der Waals surface area contributed by atoms with E-state index in [1.54, 1.807) is 11.9 Å². The van der Waals surface area contributed by atoms with E-state index in [9.17, 15) is 4.79 Å². The number of rotatable bonds is 2. The molecule has 1 rings (SSSR count). The molecule has 0 fully saturated rings. The average molecular weight is 167 g/mol. The molecule has 0 atom stereocenters. The van der Waals surface area contributed by atoms with Crippen LogP contribution in [0.5, 0.6) is 0 Å². The Balaban J connectivity index is 2.77. The van der Waals surface area contributed by atoms with Crippen LogP contribution in [0, 0.1) is 6.92 Å². The highest BCUT2D eigenvalue weighted by molar-refractivity contribution is 5.91. The van der Waals surface area contributed by atoms with Gasteiger partial charge >= 0.3 is 0 Å². The fraction of sp³-hybridized carbons (Fsp3) is 0.500. The number of H-pyrrole nitrogens is 1. The monoisotopic (exact) mass is 167 g/mol. The molecule has 0 saturated carbocycles. The molecule has 0 bridgehead atoms. The van der Waals surface area contributed by atoms with Gasteiger partial charge in [0.05, 0.1) is 0 Å². The highest BCUT2D eigenvalue weighted by atomic mass is 16.2. The maximum Gasteiger partial charge on any atom is 0.227 e. The van der Waals surface area contributed by atoms with E-state index < -0.39 is 0 Å². The molecule has 66 valence electrons. The zero-order valence-electron chi connectivity index (χ0n) is 7.59. The summed E-state index contributed by atoms with van der Waals surface area (Å²) in [6.07, 6.45) is 0.502. The van der Waals surface area contributed by atoms with E-state index in [1.165, 1.54) is 0 Å². The van der Waals surface area contributed by atoms with Gasteiger partial charge in [0, 0.05) is 25.2 Å². The third kappa shape index (κ3) is 1.64. The van der Waals surface area contributed by atoms with Crippen molar-refractivity contribution in [3.63, 3.8) is 0 Å². The van der Waals surface area contributed by atoms with Crippen molar-refractivity contribution in [1.29, 1.82) is 0 Å². The Morgan fingerprint density at radius 3 is 2.83 bits per heavy atom. The predicted octanol–water partition coefficient (Wildman–Crippen LogP) is 1.09. The van der Waals surface area contributed by atoms with Gasteiger partial charge in [0.15, 0.2) is 5.82 Å². The average Bonchev–Trinajstić information content (AvgIpc) is 2.49. The molecule has 0 saturated heterocycles. The van der Waals surface area contributed by atoms with Gasteiger partial charge < -0.3 is 0 Å². The number of hydrogen-bond donors (Lipinski definition) is 1. The Bertz CT molecular complexity index is 280. The zero-order chi connectivity index (χ0) is 9.14. The summed E-state index contributed by atoms with van der Waals surface area (Å²) in [6.45, 7) is 3.74. The maximum atomic E-state index is 11.2. The SMILES string of the molecule is CCC(=O)N(C)c1cc(C)[nH]n1. The summed E-state index contributed by atoms with van der Waals surface area (Å²) >= 11 is 0. The van der Waals surface area contributed by atoms with E-state index in [0.29, 0.717) is 12.2 Å². The summed E-state index contributed by atoms with van der Waals surface area (Å²) in [4.78, 5) is 12.7. The van der Waals surface area contributed by atoms with Crippen LogP contribution in [0.4, 0.5) is 5.82 Å². The molecule has 12 heavy (non-hydrogen) atoms. The maximum absolute atomic E-state index is 11.2. The van der Waals surface area contributed by atoms with Crippen LogP contribution in [0.2, 0.25) is 0 Å². The Hall–Kier alpha value is -1.32. The first kappa shape index (κ1) is 8.77. The second kappa shape index (κ2) is 3.38. The van der Waals surface area contributed by atoms with Gasteiger partial charge in [-0.25, -0.2) is 0 Å². The third-order valence-electron chi connectivity index (χ3n) is 1.71. The lowest BCUT2D eigenvalue weighted by molar-refractivity contribution is -0.118. The standard InChI is InChI=1S/C8H13N3O/c1-4-8(12)11(3)7-5-6(2)9-10-7/h5H,4H2,1-3H3,(H,9,10). The number of carbonyl (C=O) groups is 1. The van der Waals surface area contributed by atoms with Gasteiger partial charge in [0.25, 0.3) is 0 Å². The van der Waals surface area contributed by atoms with E-state index in [-0.39, 0.29) is 5.91 Å². The van der Waals surface area contributed by atoms with Crippen LogP contribution in [0.25, 0.3) is 0 Å². The van der Waals surface area contributed by atoms with E-state index in [4.69, 9.17) is 0 Å². The molecular weight excluding hydrogens is 154 g/mol. The third-order valence-corrected chi connectivity index (χ3v) is 1.71. The van der Waals surface area contributed by atoms with E-state index in [2.05, 4.69) is 10.2 Å². The van der Waals surface area contributed by atoms with Crippen molar-refractivity contribution in [1.82, 2.24) is 10.2 Å². The number of amides is 1. The topological polar surface area (TPSA) is 49.0 Å². The molecule has 0 aliphatic heterocycles. The molecule has 0 unspecified atom stereocenters. The van der Waals surface area contributed by atoms with Gasteiger partial charge in [-0.3, -0.25) is 14.8 Å². The molecule has 1 aromatic rings. The van der Waals surface area contributed by atoms with Crippen LogP contribution in [-0.4, -0.2) is 23.2 Å². The van der Waals surface area contributed by atoms with Crippen LogP contribution in [-0.2, 0) is 4.79 Å². The first-order chi connectivity index (χ1) is 5.65. The lowest BCUT2D eigenvalue weighted by atomic mass is 10.4. The fourth-order valence-corrected chi connectivity index (χ4v) is 0.940. The van der Waals surface area contributed by atoms with Crippen molar-refractivity contribution in [2.45, 2.75) is 20.3 Å². The summed E-state index contributed by atoms with van der Waals surface area (Å²) in [6, 6.07) is 1.84. The molecule has 4 nitrogen and oxygen atoms in total.